The summed E-state index contributed by atoms with van der Waals surface area (Å²) >= 11 is 0. The predicted octanol–water partition coefficient (Wildman–Crippen LogP) is 2.71. The van der Waals surface area contributed by atoms with Gasteiger partial charge in [-0.25, -0.2) is 0 Å². The van der Waals surface area contributed by atoms with Gasteiger partial charge in [-0.05, 0) is 26.3 Å². The van der Waals surface area contributed by atoms with Gasteiger partial charge in [0.25, 0.3) is 0 Å². The molecule has 0 atom stereocenters. The first-order chi connectivity index (χ1) is 7.00. The van der Waals surface area contributed by atoms with E-state index in [1.807, 2.05) is 31.2 Å². The lowest BCUT2D eigenvalue weighted by atomic mass is 10.0. The fourth-order valence-corrected chi connectivity index (χ4v) is 1.63. The third-order valence-corrected chi connectivity index (χ3v) is 2.63. The highest BCUT2D eigenvalue weighted by atomic mass is 16.5. The Kier molecular flexibility index (Phi) is 2.14. The van der Waals surface area contributed by atoms with Crippen molar-refractivity contribution in [3.63, 3.8) is 0 Å². The van der Waals surface area contributed by atoms with Crippen LogP contribution >= 0.6 is 0 Å². The number of carbonyl (C=O) groups excluding carboxylic acids is 1. The summed E-state index contributed by atoms with van der Waals surface area (Å²) in [5, 5.41) is 0. The minimum atomic E-state index is -0.711. The third-order valence-electron chi connectivity index (χ3n) is 2.63. The summed E-state index contributed by atoms with van der Waals surface area (Å²) in [6.07, 6.45) is 1.59. The second kappa shape index (κ2) is 3.23. The minimum Gasteiger partial charge on any atom is -0.479 e. The molecule has 0 bridgehead atoms. The summed E-state index contributed by atoms with van der Waals surface area (Å²) in [6.45, 7) is 5.59. The van der Waals surface area contributed by atoms with Gasteiger partial charge in [0.15, 0.2) is 5.60 Å². The van der Waals surface area contributed by atoms with Crippen molar-refractivity contribution in [1.29, 1.82) is 0 Å². The molecule has 0 radical (unpaired) electrons. The summed E-state index contributed by atoms with van der Waals surface area (Å²) in [4.78, 5) is 11.6. The molecule has 1 aliphatic rings. The van der Waals surface area contributed by atoms with E-state index in [9.17, 15) is 4.79 Å². The van der Waals surface area contributed by atoms with Crippen LogP contribution in [0.3, 0.4) is 0 Å². The molecule has 15 heavy (non-hydrogen) atoms. The highest BCUT2D eigenvalue weighted by Crippen LogP contribution is 2.32. The monoisotopic (exact) mass is 202 g/mol. The van der Waals surface area contributed by atoms with Crippen LogP contribution in [0.15, 0.2) is 30.3 Å². The van der Waals surface area contributed by atoms with Crippen molar-refractivity contribution >= 4 is 11.5 Å². The second-order valence-electron chi connectivity index (χ2n) is 4.30. The maximum atomic E-state index is 11.6. The van der Waals surface area contributed by atoms with Crippen LogP contribution < -0.4 is 0 Å². The zero-order chi connectivity index (χ0) is 11.1. The largest absolute Gasteiger partial charge is 0.479 e. The lowest BCUT2D eigenvalue weighted by Crippen LogP contribution is -2.27. The van der Waals surface area contributed by atoms with Gasteiger partial charge in [-0.1, -0.05) is 24.3 Å². The lowest BCUT2D eigenvalue weighted by molar-refractivity contribution is -0.125. The van der Waals surface area contributed by atoms with Gasteiger partial charge in [0.05, 0.1) is 0 Å². The number of hydrogen-bond acceptors (Lipinski definition) is 2. The number of benzene rings is 1. The number of ether oxygens (including phenoxy) is 1. The van der Waals surface area contributed by atoms with Gasteiger partial charge in [0.2, 0.25) is 5.78 Å². The first-order valence-electron chi connectivity index (χ1n) is 5.02. The molecule has 0 aromatic heterocycles. The average molecular weight is 202 g/mol. The fourth-order valence-electron chi connectivity index (χ4n) is 1.63. The number of carbonyl (C=O) groups is 1. The fraction of sp³-hybridized carbons (Fsp3) is 0.308. The number of rotatable bonds is 1. The minimum absolute atomic E-state index is 0.0285. The van der Waals surface area contributed by atoms with Crippen LogP contribution in [0.5, 0.6) is 0 Å². The van der Waals surface area contributed by atoms with Crippen LogP contribution in [-0.4, -0.2) is 11.4 Å². The van der Waals surface area contributed by atoms with E-state index in [1.165, 1.54) is 0 Å². The van der Waals surface area contributed by atoms with Crippen LogP contribution in [-0.2, 0) is 9.53 Å². The van der Waals surface area contributed by atoms with Crippen molar-refractivity contribution in [3.05, 3.63) is 41.5 Å². The highest BCUT2D eigenvalue weighted by molar-refractivity contribution is 6.04. The molecule has 0 fully saturated rings. The molecular formula is C13H14O2. The molecule has 0 N–H and O–H groups in total. The molecule has 0 amide bonds. The summed E-state index contributed by atoms with van der Waals surface area (Å²) in [6, 6.07) is 7.90. The zero-order valence-corrected chi connectivity index (χ0v) is 9.20. The standard InChI is InChI=1S/C13H14O2/c1-9-6-4-5-7-10(9)11-8-12(14)13(2,3)15-11/h4-8H,1-3H3. The van der Waals surface area contributed by atoms with Gasteiger partial charge in [0.1, 0.15) is 5.76 Å². The van der Waals surface area contributed by atoms with E-state index in [-0.39, 0.29) is 5.78 Å². The summed E-state index contributed by atoms with van der Waals surface area (Å²) in [7, 11) is 0. The van der Waals surface area contributed by atoms with Gasteiger partial charge in [0, 0.05) is 11.6 Å². The molecule has 0 spiro atoms. The molecule has 0 aliphatic carbocycles. The third kappa shape index (κ3) is 1.67. The molecule has 1 aromatic rings. The zero-order valence-electron chi connectivity index (χ0n) is 9.20. The van der Waals surface area contributed by atoms with Crippen molar-refractivity contribution in [2.24, 2.45) is 0 Å². The van der Waals surface area contributed by atoms with Crippen LogP contribution in [0.2, 0.25) is 0 Å². The Bertz CT molecular complexity index is 442. The van der Waals surface area contributed by atoms with Crippen LogP contribution in [0.1, 0.15) is 25.0 Å². The maximum absolute atomic E-state index is 11.6. The van der Waals surface area contributed by atoms with Crippen molar-refractivity contribution in [3.8, 4) is 0 Å². The van der Waals surface area contributed by atoms with Gasteiger partial charge < -0.3 is 4.74 Å². The summed E-state index contributed by atoms with van der Waals surface area (Å²) in [5.74, 6) is 0.712. The van der Waals surface area contributed by atoms with Crippen LogP contribution in [0, 0.1) is 6.92 Å². The Labute approximate surface area is 89.6 Å². The van der Waals surface area contributed by atoms with E-state index in [4.69, 9.17) is 4.74 Å². The van der Waals surface area contributed by atoms with E-state index >= 15 is 0 Å². The number of aryl methyl sites for hydroxylation is 1. The molecule has 78 valence electrons. The topological polar surface area (TPSA) is 26.3 Å². The van der Waals surface area contributed by atoms with Crippen LogP contribution in [0.25, 0.3) is 5.76 Å². The van der Waals surface area contributed by atoms with Crippen molar-refractivity contribution in [1.82, 2.24) is 0 Å². The molecule has 1 heterocycles. The molecule has 2 rings (SSSR count). The molecule has 0 unspecified atom stereocenters. The van der Waals surface area contributed by atoms with Crippen molar-refractivity contribution in [2.75, 3.05) is 0 Å². The smallest absolute Gasteiger partial charge is 0.202 e. The second-order valence-corrected chi connectivity index (χ2v) is 4.30. The lowest BCUT2D eigenvalue weighted by Gasteiger charge is -2.18. The Morgan fingerprint density at radius 3 is 2.40 bits per heavy atom. The first-order valence-corrected chi connectivity index (χ1v) is 5.02. The molecule has 0 saturated heterocycles. The van der Waals surface area contributed by atoms with Gasteiger partial charge in [-0.15, -0.1) is 0 Å². The Morgan fingerprint density at radius 2 is 1.87 bits per heavy atom. The summed E-state index contributed by atoms with van der Waals surface area (Å²) < 4.78 is 5.64. The Morgan fingerprint density at radius 1 is 1.20 bits per heavy atom. The van der Waals surface area contributed by atoms with Gasteiger partial charge >= 0.3 is 0 Å². The molecule has 2 nitrogen and oxygen atoms in total. The van der Waals surface area contributed by atoms with E-state index < -0.39 is 5.60 Å². The number of ketones is 1. The molecule has 1 aliphatic heterocycles. The highest BCUT2D eigenvalue weighted by Gasteiger charge is 2.35. The normalized spacial score (nSPS) is 18.6. The molecule has 2 heteroatoms. The van der Waals surface area contributed by atoms with Crippen LogP contribution in [0.4, 0.5) is 0 Å². The Hall–Kier alpha value is -1.57. The van der Waals surface area contributed by atoms with E-state index in [2.05, 4.69) is 0 Å². The van der Waals surface area contributed by atoms with E-state index in [1.54, 1.807) is 19.9 Å². The van der Waals surface area contributed by atoms with Gasteiger partial charge in [-0.2, -0.15) is 0 Å². The number of hydrogen-bond donors (Lipinski definition) is 0. The SMILES string of the molecule is Cc1ccccc1C1=CC(=O)C(C)(C)O1. The van der Waals surface area contributed by atoms with E-state index in [0.717, 1.165) is 11.1 Å². The Balaban J connectivity index is 2.40. The summed E-state index contributed by atoms with van der Waals surface area (Å²) in [5.41, 5.74) is 1.41. The molecular weight excluding hydrogens is 188 g/mol. The van der Waals surface area contributed by atoms with E-state index in [0.29, 0.717) is 5.76 Å². The quantitative estimate of drug-likeness (QED) is 0.700. The van der Waals surface area contributed by atoms with Gasteiger partial charge in [-0.3, -0.25) is 4.79 Å². The predicted molar refractivity (Wildman–Crippen MR) is 59.3 cm³/mol. The molecule has 0 saturated carbocycles. The maximum Gasteiger partial charge on any atom is 0.202 e. The first kappa shape index (κ1) is 9.97. The molecule has 1 aromatic carbocycles. The van der Waals surface area contributed by atoms with Crippen molar-refractivity contribution < 1.29 is 9.53 Å². The average Bonchev–Trinajstić information content (AvgIpc) is 2.42. The van der Waals surface area contributed by atoms with Crippen molar-refractivity contribution in [2.45, 2.75) is 26.4 Å².